The standard InChI is InChI=1S/C33H29FO6/c1-18(2)31(35)38-25-10-12-28(30(17-25)40-33(37)20(5)6)27-11-9-23(16-29(27)34)21-7-8-22-14-26(15-24(22)13-21)39-32(36)19(3)4/h7-13,16-17,26H,1,3,5,14-15H2,2,4,6H3. The monoisotopic (exact) mass is 540 g/mol. The number of esters is 3. The van der Waals surface area contributed by atoms with E-state index in [0.717, 1.165) is 16.7 Å². The maximum absolute atomic E-state index is 15.5. The summed E-state index contributed by atoms with van der Waals surface area (Å²) in [7, 11) is 0. The quantitative estimate of drug-likeness (QED) is 0.180. The number of benzene rings is 3. The number of ether oxygens (including phenoxy) is 3. The summed E-state index contributed by atoms with van der Waals surface area (Å²) in [6.45, 7) is 15.4. The number of carbonyl (C=O) groups is 3. The molecule has 0 radical (unpaired) electrons. The lowest BCUT2D eigenvalue weighted by atomic mass is 9.97. The Kier molecular flexibility index (Phi) is 8.14. The topological polar surface area (TPSA) is 78.9 Å². The number of hydrogen-bond donors (Lipinski definition) is 0. The van der Waals surface area contributed by atoms with Gasteiger partial charge in [0.25, 0.3) is 0 Å². The van der Waals surface area contributed by atoms with Crippen LogP contribution < -0.4 is 9.47 Å². The van der Waals surface area contributed by atoms with E-state index in [1.165, 1.54) is 38.1 Å². The summed E-state index contributed by atoms with van der Waals surface area (Å²) in [5, 5.41) is 0. The van der Waals surface area contributed by atoms with Gasteiger partial charge in [0.05, 0.1) is 0 Å². The van der Waals surface area contributed by atoms with Gasteiger partial charge >= 0.3 is 17.9 Å². The van der Waals surface area contributed by atoms with Gasteiger partial charge < -0.3 is 14.2 Å². The SMILES string of the molecule is C=C(C)C(=O)Oc1ccc(-c2ccc(-c3ccc4c(c3)CC(OC(=O)C(=C)C)C4)cc2F)c(OC(=O)C(=C)C)c1. The molecule has 3 aromatic rings. The van der Waals surface area contributed by atoms with E-state index in [1.54, 1.807) is 19.1 Å². The zero-order valence-corrected chi connectivity index (χ0v) is 22.6. The fourth-order valence-electron chi connectivity index (χ4n) is 4.26. The minimum absolute atomic E-state index is 0.0135. The normalized spacial score (nSPS) is 13.7. The molecule has 0 saturated heterocycles. The Bertz CT molecular complexity index is 1580. The van der Waals surface area contributed by atoms with Crippen molar-refractivity contribution in [1.82, 2.24) is 0 Å². The van der Waals surface area contributed by atoms with Gasteiger partial charge in [-0.1, -0.05) is 50.1 Å². The van der Waals surface area contributed by atoms with Crippen LogP contribution in [0.25, 0.3) is 22.3 Å². The smallest absolute Gasteiger partial charge is 0.338 e. The highest BCUT2D eigenvalue weighted by Crippen LogP contribution is 2.38. The van der Waals surface area contributed by atoms with Gasteiger partial charge in [0.15, 0.2) is 0 Å². The molecule has 1 aliphatic rings. The molecule has 0 spiro atoms. The van der Waals surface area contributed by atoms with E-state index in [2.05, 4.69) is 19.7 Å². The lowest BCUT2D eigenvalue weighted by Gasteiger charge is -2.14. The molecule has 0 bridgehead atoms. The van der Waals surface area contributed by atoms with Crippen LogP contribution in [0.15, 0.2) is 91.1 Å². The number of rotatable bonds is 8. The highest BCUT2D eigenvalue weighted by atomic mass is 19.1. The van der Waals surface area contributed by atoms with Crippen LogP contribution in [0, 0.1) is 5.82 Å². The van der Waals surface area contributed by atoms with E-state index < -0.39 is 23.7 Å². The van der Waals surface area contributed by atoms with Crippen molar-refractivity contribution in [1.29, 1.82) is 0 Å². The summed E-state index contributed by atoms with van der Waals surface area (Å²) < 4.78 is 31.8. The van der Waals surface area contributed by atoms with Crippen molar-refractivity contribution in [2.75, 3.05) is 0 Å². The molecule has 0 amide bonds. The third-order valence-corrected chi connectivity index (χ3v) is 6.38. The van der Waals surface area contributed by atoms with E-state index in [0.29, 0.717) is 29.5 Å². The van der Waals surface area contributed by atoms with Crippen molar-refractivity contribution in [2.24, 2.45) is 0 Å². The van der Waals surface area contributed by atoms with Gasteiger partial charge in [0, 0.05) is 46.8 Å². The van der Waals surface area contributed by atoms with Crippen LogP contribution in [-0.2, 0) is 32.0 Å². The second-order valence-electron chi connectivity index (χ2n) is 9.89. The average molecular weight is 541 g/mol. The summed E-state index contributed by atoms with van der Waals surface area (Å²) in [5.41, 5.74) is 4.77. The first kappa shape index (κ1) is 28.2. The van der Waals surface area contributed by atoms with Crippen LogP contribution in [0.1, 0.15) is 31.9 Å². The van der Waals surface area contributed by atoms with Crippen LogP contribution in [0.2, 0.25) is 0 Å². The first-order valence-corrected chi connectivity index (χ1v) is 12.6. The molecule has 0 aliphatic heterocycles. The van der Waals surface area contributed by atoms with Gasteiger partial charge in [0.2, 0.25) is 0 Å². The zero-order valence-electron chi connectivity index (χ0n) is 22.6. The van der Waals surface area contributed by atoms with Gasteiger partial charge in [-0.2, -0.15) is 0 Å². The van der Waals surface area contributed by atoms with Crippen LogP contribution in [-0.4, -0.2) is 24.0 Å². The third kappa shape index (κ3) is 6.26. The lowest BCUT2D eigenvalue weighted by molar-refractivity contribution is -0.143. The van der Waals surface area contributed by atoms with Crippen molar-refractivity contribution in [3.8, 4) is 33.8 Å². The number of fused-ring (bicyclic) bond motifs is 1. The molecular weight excluding hydrogens is 511 g/mol. The first-order valence-electron chi connectivity index (χ1n) is 12.6. The molecule has 0 N–H and O–H groups in total. The fourth-order valence-corrected chi connectivity index (χ4v) is 4.26. The molecule has 0 aromatic heterocycles. The van der Waals surface area contributed by atoms with E-state index in [1.807, 2.05) is 18.2 Å². The third-order valence-electron chi connectivity index (χ3n) is 6.38. The lowest BCUT2D eigenvalue weighted by Crippen LogP contribution is -2.18. The van der Waals surface area contributed by atoms with Crippen molar-refractivity contribution >= 4 is 17.9 Å². The van der Waals surface area contributed by atoms with E-state index in [-0.39, 0.29) is 34.3 Å². The molecule has 3 aromatic carbocycles. The predicted molar refractivity (Wildman–Crippen MR) is 150 cm³/mol. The summed E-state index contributed by atoms with van der Waals surface area (Å²) in [4.78, 5) is 36.2. The zero-order chi connectivity index (χ0) is 29.1. The molecule has 4 rings (SSSR count). The Hall–Kier alpha value is -4.78. The van der Waals surface area contributed by atoms with Crippen molar-refractivity contribution in [3.63, 3.8) is 0 Å². The van der Waals surface area contributed by atoms with Crippen LogP contribution >= 0.6 is 0 Å². The van der Waals surface area contributed by atoms with Gasteiger partial charge in [-0.3, -0.25) is 0 Å². The van der Waals surface area contributed by atoms with E-state index in [4.69, 9.17) is 14.2 Å². The summed E-state index contributed by atoms with van der Waals surface area (Å²) in [5.74, 6) is -2.16. The van der Waals surface area contributed by atoms with Gasteiger partial charge in [-0.15, -0.1) is 0 Å². The Balaban J connectivity index is 1.63. The van der Waals surface area contributed by atoms with Crippen molar-refractivity contribution in [3.05, 3.63) is 108 Å². The maximum atomic E-state index is 15.5. The van der Waals surface area contributed by atoms with Crippen LogP contribution in [0.3, 0.4) is 0 Å². The molecule has 6 nitrogen and oxygen atoms in total. The Morgan fingerprint density at radius 1 is 0.700 bits per heavy atom. The minimum atomic E-state index is -0.702. The van der Waals surface area contributed by atoms with E-state index in [9.17, 15) is 14.4 Å². The molecular formula is C33H29FO6. The largest absolute Gasteiger partial charge is 0.458 e. The molecule has 1 unspecified atom stereocenters. The summed E-state index contributed by atoms with van der Waals surface area (Å²) in [6.07, 6.45) is 0.930. The molecule has 7 heteroatoms. The van der Waals surface area contributed by atoms with Crippen molar-refractivity contribution in [2.45, 2.75) is 39.7 Å². The fraction of sp³-hybridized carbons (Fsp3) is 0.182. The number of halogens is 1. The molecule has 0 saturated carbocycles. The molecule has 204 valence electrons. The minimum Gasteiger partial charge on any atom is -0.458 e. The summed E-state index contributed by atoms with van der Waals surface area (Å²) >= 11 is 0. The predicted octanol–water partition coefficient (Wildman–Crippen LogP) is 6.71. The highest BCUT2D eigenvalue weighted by Gasteiger charge is 2.25. The number of carbonyl (C=O) groups excluding carboxylic acids is 3. The first-order chi connectivity index (χ1) is 18.9. The van der Waals surface area contributed by atoms with Gasteiger partial charge in [-0.25, -0.2) is 18.8 Å². The Morgan fingerprint density at radius 2 is 1.27 bits per heavy atom. The average Bonchev–Trinajstić information content (AvgIpc) is 3.30. The molecule has 0 fully saturated rings. The molecule has 40 heavy (non-hydrogen) atoms. The molecule has 0 heterocycles. The van der Waals surface area contributed by atoms with Gasteiger partial charge in [-0.05, 0) is 61.2 Å². The van der Waals surface area contributed by atoms with Crippen LogP contribution in [0.4, 0.5) is 4.39 Å². The Morgan fingerprint density at radius 3 is 1.93 bits per heavy atom. The highest BCUT2D eigenvalue weighted by molar-refractivity contribution is 5.91. The van der Waals surface area contributed by atoms with Crippen molar-refractivity contribution < 1.29 is 33.0 Å². The van der Waals surface area contributed by atoms with Gasteiger partial charge in [0.1, 0.15) is 23.4 Å². The molecule has 1 atom stereocenters. The second kappa shape index (κ2) is 11.5. The summed E-state index contributed by atoms with van der Waals surface area (Å²) in [6, 6.07) is 15.0. The maximum Gasteiger partial charge on any atom is 0.338 e. The van der Waals surface area contributed by atoms with Crippen LogP contribution in [0.5, 0.6) is 11.5 Å². The van der Waals surface area contributed by atoms with E-state index >= 15 is 4.39 Å². The second-order valence-corrected chi connectivity index (χ2v) is 9.89. The number of hydrogen-bond acceptors (Lipinski definition) is 6. The Labute approximate surface area is 232 Å². The molecule has 1 aliphatic carbocycles.